The van der Waals surface area contributed by atoms with Crippen LogP contribution in [-0.2, 0) is 23.1 Å². The van der Waals surface area contributed by atoms with Gasteiger partial charge in [-0.25, -0.2) is 12.7 Å². The summed E-state index contributed by atoms with van der Waals surface area (Å²) in [6.07, 6.45) is 2.06. The molecule has 7 heteroatoms. The fraction of sp³-hybridized carbons (Fsp3) is 0.769. The van der Waals surface area contributed by atoms with Crippen LogP contribution in [0.4, 0.5) is 0 Å². The van der Waals surface area contributed by atoms with Gasteiger partial charge in [0, 0.05) is 26.2 Å². The summed E-state index contributed by atoms with van der Waals surface area (Å²) >= 11 is 0. The van der Waals surface area contributed by atoms with Gasteiger partial charge in [0.25, 0.3) is 0 Å². The monoisotopic (exact) mass is 302 g/mol. The SMILES string of the molecule is CCN(CCCNCc1cc(C)nn1CC)S(C)(=O)=O. The largest absolute Gasteiger partial charge is 0.311 e. The van der Waals surface area contributed by atoms with Crippen LogP contribution in [0.25, 0.3) is 0 Å². The minimum absolute atomic E-state index is 0.528. The number of rotatable bonds is 9. The molecule has 1 aromatic heterocycles. The lowest BCUT2D eigenvalue weighted by Gasteiger charge is -2.17. The van der Waals surface area contributed by atoms with Gasteiger partial charge in [0.1, 0.15) is 0 Å². The van der Waals surface area contributed by atoms with Gasteiger partial charge in [0.2, 0.25) is 10.0 Å². The van der Waals surface area contributed by atoms with E-state index < -0.39 is 10.0 Å². The lowest BCUT2D eigenvalue weighted by molar-refractivity contribution is 0.418. The second-order valence-electron chi connectivity index (χ2n) is 4.88. The molecule has 20 heavy (non-hydrogen) atoms. The second kappa shape index (κ2) is 7.75. The maximum atomic E-state index is 11.4. The maximum Gasteiger partial charge on any atom is 0.211 e. The summed E-state index contributed by atoms with van der Waals surface area (Å²) in [6.45, 7) is 9.43. The highest BCUT2D eigenvalue weighted by molar-refractivity contribution is 7.88. The molecular weight excluding hydrogens is 276 g/mol. The van der Waals surface area contributed by atoms with E-state index in [1.54, 1.807) is 0 Å². The van der Waals surface area contributed by atoms with Gasteiger partial charge in [-0.2, -0.15) is 5.10 Å². The minimum Gasteiger partial charge on any atom is -0.311 e. The molecule has 0 atom stereocenters. The molecule has 0 fully saturated rings. The lowest BCUT2D eigenvalue weighted by Crippen LogP contribution is -2.32. The number of hydrogen-bond acceptors (Lipinski definition) is 4. The Morgan fingerprint density at radius 2 is 2.10 bits per heavy atom. The summed E-state index contributed by atoms with van der Waals surface area (Å²) < 4.78 is 26.3. The Hall–Kier alpha value is -0.920. The molecule has 1 rings (SSSR count). The molecule has 0 bridgehead atoms. The summed E-state index contributed by atoms with van der Waals surface area (Å²) in [7, 11) is -3.07. The van der Waals surface area contributed by atoms with Crippen molar-refractivity contribution in [3.8, 4) is 0 Å². The van der Waals surface area contributed by atoms with Crippen molar-refractivity contribution in [2.75, 3.05) is 25.9 Å². The van der Waals surface area contributed by atoms with Crippen molar-refractivity contribution in [2.24, 2.45) is 0 Å². The highest BCUT2D eigenvalue weighted by Crippen LogP contribution is 2.03. The van der Waals surface area contributed by atoms with Crippen LogP contribution in [-0.4, -0.2) is 48.4 Å². The summed E-state index contributed by atoms with van der Waals surface area (Å²) in [4.78, 5) is 0. The van der Waals surface area contributed by atoms with Crippen LogP contribution in [0.1, 0.15) is 31.7 Å². The zero-order valence-corrected chi connectivity index (χ0v) is 13.7. The summed E-state index contributed by atoms with van der Waals surface area (Å²) in [5.41, 5.74) is 2.19. The van der Waals surface area contributed by atoms with Crippen molar-refractivity contribution < 1.29 is 8.42 Å². The molecule has 116 valence electrons. The molecule has 0 aliphatic rings. The fourth-order valence-electron chi connectivity index (χ4n) is 2.17. The second-order valence-corrected chi connectivity index (χ2v) is 6.86. The molecule has 0 unspecified atom stereocenters. The first-order chi connectivity index (χ1) is 9.38. The van der Waals surface area contributed by atoms with Crippen molar-refractivity contribution in [1.29, 1.82) is 0 Å². The maximum absolute atomic E-state index is 11.4. The van der Waals surface area contributed by atoms with Gasteiger partial charge in [0.05, 0.1) is 17.6 Å². The van der Waals surface area contributed by atoms with E-state index in [0.29, 0.717) is 13.1 Å². The van der Waals surface area contributed by atoms with Crippen LogP contribution >= 0.6 is 0 Å². The third-order valence-corrected chi connectivity index (χ3v) is 4.55. The number of sulfonamides is 1. The third kappa shape index (κ3) is 5.22. The standard InChI is InChI=1S/C13H26N4O2S/c1-5-16(20(4,18)19)9-7-8-14-11-13-10-12(3)15-17(13)6-2/h10,14H,5-9,11H2,1-4H3. The molecule has 6 nitrogen and oxygen atoms in total. The van der Waals surface area contributed by atoms with Crippen molar-refractivity contribution in [1.82, 2.24) is 19.4 Å². The molecular formula is C13H26N4O2S. The number of aromatic nitrogens is 2. The third-order valence-electron chi connectivity index (χ3n) is 3.17. The molecule has 1 aromatic rings. The van der Waals surface area contributed by atoms with Gasteiger partial charge in [-0.15, -0.1) is 0 Å². The molecule has 0 radical (unpaired) electrons. The normalized spacial score (nSPS) is 12.2. The Labute approximate surface area is 122 Å². The van der Waals surface area contributed by atoms with Crippen LogP contribution in [0, 0.1) is 6.92 Å². The van der Waals surface area contributed by atoms with Gasteiger partial charge >= 0.3 is 0 Å². The Bertz CT molecular complexity index is 510. The Morgan fingerprint density at radius 3 is 2.65 bits per heavy atom. The zero-order valence-electron chi connectivity index (χ0n) is 12.9. The number of hydrogen-bond donors (Lipinski definition) is 1. The minimum atomic E-state index is -3.07. The van der Waals surface area contributed by atoms with Crippen LogP contribution in [0.15, 0.2) is 6.07 Å². The topological polar surface area (TPSA) is 67.2 Å². The smallest absolute Gasteiger partial charge is 0.211 e. The van der Waals surface area contributed by atoms with E-state index in [1.807, 2.05) is 18.5 Å². The first-order valence-corrected chi connectivity index (χ1v) is 8.92. The first-order valence-electron chi connectivity index (χ1n) is 7.07. The fourth-order valence-corrected chi connectivity index (χ4v) is 3.10. The van der Waals surface area contributed by atoms with Gasteiger partial charge in [0.15, 0.2) is 0 Å². The van der Waals surface area contributed by atoms with Gasteiger partial charge in [-0.3, -0.25) is 4.68 Å². The van der Waals surface area contributed by atoms with Crippen LogP contribution in [0.5, 0.6) is 0 Å². The van der Waals surface area contributed by atoms with Gasteiger partial charge < -0.3 is 5.32 Å². The first kappa shape index (κ1) is 17.1. The molecule has 0 saturated heterocycles. The highest BCUT2D eigenvalue weighted by atomic mass is 32.2. The summed E-state index contributed by atoms with van der Waals surface area (Å²) in [6, 6.07) is 2.07. The molecule has 0 aliphatic carbocycles. The van der Waals surface area contributed by atoms with E-state index in [1.165, 1.54) is 16.3 Å². The van der Waals surface area contributed by atoms with Gasteiger partial charge in [-0.1, -0.05) is 6.92 Å². The zero-order chi connectivity index (χ0) is 15.2. The summed E-state index contributed by atoms with van der Waals surface area (Å²) in [5.74, 6) is 0. The predicted octanol–water partition coefficient (Wildman–Crippen LogP) is 0.973. The molecule has 0 spiro atoms. The van der Waals surface area contributed by atoms with E-state index in [4.69, 9.17) is 0 Å². The highest BCUT2D eigenvalue weighted by Gasteiger charge is 2.13. The van der Waals surface area contributed by atoms with Gasteiger partial charge in [-0.05, 0) is 32.9 Å². The summed E-state index contributed by atoms with van der Waals surface area (Å²) in [5, 5.41) is 7.73. The Balaban J connectivity index is 2.31. The van der Waals surface area contributed by atoms with Crippen LogP contribution in [0.3, 0.4) is 0 Å². The average molecular weight is 302 g/mol. The van der Waals surface area contributed by atoms with Crippen molar-refractivity contribution in [2.45, 2.75) is 40.3 Å². The molecule has 0 aliphatic heterocycles. The molecule has 1 N–H and O–H groups in total. The van der Waals surface area contributed by atoms with E-state index in [-0.39, 0.29) is 0 Å². The average Bonchev–Trinajstić information content (AvgIpc) is 2.72. The Morgan fingerprint density at radius 1 is 1.40 bits per heavy atom. The predicted molar refractivity (Wildman–Crippen MR) is 81.1 cm³/mol. The molecule has 0 saturated carbocycles. The van der Waals surface area contributed by atoms with Crippen molar-refractivity contribution in [3.63, 3.8) is 0 Å². The number of nitrogens with one attached hydrogen (secondary N) is 1. The lowest BCUT2D eigenvalue weighted by atomic mass is 10.3. The molecule has 0 amide bonds. The number of aryl methyl sites for hydroxylation is 2. The van der Waals surface area contributed by atoms with E-state index >= 15 is 0 Å². The number of nitrogens with zero attached hydrogens (tertiary/aromatic N) is 3. The quantitative estimate of drug-likeness (QED) is 0.690. The van der Waals surface area contributed by atoms with E-state index in [0.717, 1.165) is 31.7 Å². The van der Waals surface area contributed by atoms with Crippen molar-refractivity contribution in [3.05, 3.63) is 17.5 Å². The Kier molecular flexibility index (Phi) is 6.64. The van der Waals surface area contributed by atoms with Crippen molar-refractivity contribution >= 4 is 10.0 Å². The van der Waals surface area contributed by atoms with Crippen LogP contribution in [0.2, 0.25) is 0 Å². The van der Waals surface area contributed by atoms with Crippen LogP contribution < -0.4 is 5.32 Å². The van der Waals surface area contributed by atoms with E-state index in [2.05, 4.69) is 23.4 Å². The molecule has 1 heterocycles. The molecule has 0 aromatic carbocycles. The van der Waals surface area contributed by atoms with E-state index in [9.17, 15) is 8.42 Å².